The van der Waals surface area contributed by atoms with Crippen molar-refractivity contribution in [3.63, 3.8) is 0 Å². The van der Waals surface area contributed by atoms with Gasteiger partial charge in [0.05, 0.1) is 25.9 Å². The maximum Gasteiger partial charge on any atom is 0.303 e. The number of anilines is 1. The summed E-state index contributed by atoms with van der Waals surface area (Å²) < 4.78 is 143. The fourth-order valence-electron chi connectivity index (χ4n) is 8.75. The van der Waals surface area contributed by atoms with Gasteiger partial charge in [0.2, 0.25) is 5.69 Å². The van der Waals surface area contributed by atoms with E-state index in [4.69, 9.17) is 4.74 Å². The molecule has 0 saturated carbocycles. The van der Waals surface area contributed by atoms with Crippen molar-refractivity contribution >= 4 is 63.5 Å². The van der Waals surface area contributed by atoms with E-state index in [1.165, 1.54) is 54.6 Å². The number of unbranched alkanes of at least 4 members (excludes halogenated alkanes) is 2. The molecule has 21 heteroatoms. The fraction of sp³-hybridized carbons (Fsp3) is 0.378. The summed E-state index contributed by atoms with van der Waals surface area (Å²) in [6.45, 7) is 8.12. The molecule has 0 radical (unpaired) electrons. The van der Waals surface area contributed by atoms with E-state index in [2.05, 4.69) is 0 Å². The molecule has 66 heavy (non-hydrogen) atoms. The third-order valence-corrected chi connectivity index (χ3v) is 15.5. The molecule has 3 aromatic carbocycles. The molecule has 1 aliphatic carbocycles. The molecule has 3 aliphatic rings. The highest BCUT2D eigenvalue weighted by Gasteiger charge is 2.45. The Morgan fingerprint density at radius 3 is 1.92 bits per heavy atom. The van der Waals surface area contributed by atoms with Crippen LogP contribution in [0.3, 0.4) is 0 Å². The molecule has 5 N–H and O–H groups in total. The van der Waals surface area contributed by atoms with Crippen molar-refractivity contribution in [1.29, 1.82) is 0 Å². The Bertz CT molecular complexity index is 3060. The first kappa shape index (κ1) is 50.4. The van der Waals surface area contributed by atoms with Crippen LogP contribution in [0, 0.1) is 0 Å². The number of carbonyl (C=O) groups is 1. The predicted octanol–water partition coefficient (Wildman–Crippen LogP) is 7.41. The number of hydrogen-bond acceptors (Lipinski definition) is 11. The Morgan fingerprint density at radius 2 is 1.32 bits per heavy atom. The second-order valence-electron chi connectivity index (χ2n) is 17.4. The Kier molecular flexibility index (Phi) is 14.5. The van der Waals surface area contributed by atoms with Gasteiger partial charge in [0, 0.05) is 53.9 Å². The number of nitrogens with zero attached hydrogens (tertiary/aromatic N) is 2. The summed E-state index contributed by atoms with van der Waals surface area (Å²) in [5, 5.41) is 9.17. The molecule has 0 bridgehead atoms. The summed E-state index contributed by atoms with van der Waals surface area (Å²) in [5.74, 6) is -0.776. The number of hydrogen-bond donors (Lipinski definition) is 5. The quantitative estimate of drug-likeness (QED) is 0.0472. The smallest absolute Gasteiger partial charge is 0.303 e. The maximum atomic E-state index is 12.2. The lowest BCUT2D eigenvalue weighted by Gasteiger charge is -2.27. The topological polar surface area (TPSA) is 270 Å². The SMILES string of the molecule is CC1(C)C(/C=C/C2=C(Oc3ccc(S(=O)(=O)O)cc3)C(=C/C=C3/N(CCCCCC(=O)O)c4ccc(S(=O)(=O)O)cc4C3(C)C)/CCC2)=[N+](CCCS(=O)(=O)O)c2ccc(S(=O)(=O)O)cc21. The Labute approximate surface area is 385 Å². The van der Waals surface area contributed by atoms with Crippen LogP contribution >= 0.6 is 0 Å². The first-order valence-electron chi connectivity index (χ1n) is 21.0. The van der Waals surface area contributed by atoms with Gasteiger partial charge >= 0.3 is 5.97 Å². The lowest BCUT2D eigenvalue weighted by atomic mass is 9.81. The predicted molar refractivity (Wildman–Crippen MR) is 246 cm³/mol. The summed E-state index contributed by atoms with van der Waals surface area (Å²) in [5.41, 5.74) is 3.61. The fourth-order valence-corrected chi connectivity index (χ4v) is 10.7. The number of fused-ring (bicyclic) bond motifs is 2. The average molecular weight is 990 g/mol. The molecule has 356 valence electrons. The van der Waals surface area contributed by atoms with Gasteiger partial charge in [0.15, 0.2) is 5.71 Å². The van der Waals surface area contributed by atoms with Gasteiger partial charge in [-0.25, -0.2) is 0 Å². The second kappa shape index (κ2) is 18.9. The van der Waals surface area contributed by atoms with E-state index in [0.29, 0.717) is 78.9 Å². The highest BCUT2D eigenvalue weighted by molar-refractivity contribution is 7.86. The van der Waals surface area contributed by atoms with E-state index in [-0.39, 0.29) is 39.8 Å². The number of carboxylic acid groups (broad SMARTS) is 1. The lowest BCUT2D eigenvalue weighted by molar-refractivity contribution is -0.437. The molecule has 2 aliphatic heterocycles. The maximum absolute atomic E-state index is 12.2. The van der Waals surface area contributed by atoms with Gasteiger partial charge in [0.1, 0.15) is 18.1 Å². The van der Waals surface area contributed by atoms with Crippen molar-refractivity contribution in [2.75, 3.05) is 23.7 Å². The molecular formula is C45H53N2O15S4+. The summed E-state index contributed by atoms with van der Waals surface area (Å²) >= 11 is 0. The molecule has 6 rings (SSSR count). The van der Waals surface area contributed by atoms with Crippen LogP contribution in [0.15, 0.2) is 122 Å². The monoisotopic (exact) mass is 989 g/mol. The number of aliphatic carboxylic acids is 1. The molecule has 0 spiro atoms. The molecule has 17 nitrogen and oxygen atoms in total. The number of benzene rings is 3. The van der Waals surface area contributed by atoms with Crippen LogP contribution in [0.4, 0.5) is 11.4 Å². The van der Waals surface area contributed by atoms with Gasteiger partial charge in [-0.15, -0.1) is 0 Å². The first-order chi connectivity index (χ1) is 30.6. The van der Waals surface area contributed by atoms with Crippen molar-refractivity contribution in [1.82, 2.24) is 0 Å². The summed E-state index contributed by atoms with van der Waals surface area (Å²) in [4.78, 5) is 12.3. The molecule has 2 heterocycles. The molecule has 0 fully saturated rings. The van der Waals surface area contributed by atoms with Crippen molar-refractivity contribution in [3.8, 4) is 5.75 Å². The van der Waals surface area contributed by atoms with E-state index >= 15 is 0 Å². The van der Waals surface area contributed by atoms with E-state index < -0.39 is 63.0 Å². The number of rotatable bonds is 18. The second-order valence-corrected chi connectivity index (χ2v) is 23.3. The Hall–Kier alpha value is -5.00. The minimum absolute atomic E-state index is 0.0145. The van der Waals surface area contributed by atoms with Gasteiger partial charge in [0.25, 0.3) is 40.5 Å². The van der Waals surface area contributed by atoms with Crippen LogP contribution in [0.2, 0.25) is 0 Å². The molecule has 0 saturated heterocycles. The first-order valence-corrected chi connectivity index (χ1v) is 26.9. The van der Waals surface area contributed by atoms with Crippen LogP contribution in [0.5, 0.6) is 5.75 Å². The summed E-state index contributed by atoms with van der Waals surface area (Å²) in [6.07, 6.45) is 10.8. The van der Waals surface area contributed by atoms with Crippen LogP contribution in [0.25, 0.3) is 0 Å². The van der Waals surface area contributed by atoms with Crippen LogP contribution in [-0.4, -0.2) is 92.1 Å². The van der Waals surface area contributed by atoms with E-state index in [1.54, 1.807) is 6.07 Å². The zero-order chi connectivity index (χ0) is 48.6. The van der Waals surface area contributed by atoms with Gasteiger partial charge in [-0.2, -0.15) is 38.2 Å². The summed E-state index contributed by atoms with van der Waals surface area (Å²) in [7, 11) is -17.9. The highest BCUT2D eigenvalue weighted by atomic mass is 32.2. The largest absolute Gasteiger partial charge is 0.481 e. The number of allylic oxidation sites excluding steroid dienone is 7. The van der Waals surface area contributed by atoms with Crippen molar-refractivity contribution in [2.45, 2.75) is 105 Å². The highest BCUT2D eigenvalue weighted by Crippen LogP contribution is 2.49. The summed E-state index contributed by atoms with van der Waals surface area (Å²) in [6, 6.07) is 13.7. The Balaban J connectivity index is 1.49. The van der Waals surface area contributed by atoms with Crippen LogP contribution in [-0.2, 0) is 56.1 Å². The zero-order valence-electron chi connectivity index (χ0n) is 36.7. The molecule has 3 aromatic rings. The van der Waals surface area contributed by atoms with Crippen LogP contribution < -0.4 is 9.64 Å². The Morgan fingerprint density at radius 1 is 0.712 bits per heavy atom. The minimum atomic E-state index is -4.58. The third kappa shape index (κ3) is 11.4. The van der Waals surface area contributed by atoms with Crippen LogP contribution in [0.1, 0.15) is 90.2 Å². The molecule has 0 atom stereocenters. The van der Waals surface area contributed by atoms with Gasteiger partial charge in [-0.3, -0.25) is 23.0 Å². The average Bonchev–Trinajstić information content (AvgIpc) is 3.55. The van der Waals surface area contributed by atoms with Crippen molar-refractivity contribution < 1.29 is 71.1 Å². The lowest BCUT2D eigenvalue weighted by Crippen LogP contribution is -2.28. The van der Waals surface area contributed by atoms with E-state index in [0.717, 1.165) is 17.0 Å². The molecular weight excluding hydrogens is 937 g/mol. The normalized spacial score (nSPS) is 18.7. The zero-order valence-corrected chi connectivity index (χ0v) is 40.0. The number of ether oxygens (including phenoxy) is 1. The third-order valence-electron chi connectivity index (χ3n) is 12.1. The molecule has 0 aromatic heterocycles. The minimum Gasteiger partial charge on any atom is -0.481 e. The van der Waals surface area contributed by atoms with E-state index in [9.17, 15) is 61.8 Å². The molecule has 0 unspecified atom stereocenters. The van der Waals surface area contributed by atoms with Gasteiger partial charge in [-0.1, -0.05) is 26.3 Å². The van der Waals surface area contributed by atoms with Crippen molar-refractivity contribution in [3.05, 3.63) is 119 Å². The molecule has 0 amide bonds. The standard InChI is InChI=1S/C45H52N2O15S4/c1-44(2)36-28-34(65(56,57)58)19-21-38(36)46(25-7-5-6-12-42(48)49)40(44)23-13-30-10-8-11-31(43(30)62-32-15-17-33(18-16-32)64(53,54)55)14-24-41-45(3,4)37-29-35(66(59,60)61)20-22-39(37)47(41)26-9-27-63(50,51)52/h13-24,28-29H,5-12,25-27H2,1-4H3,(H4-,48,49,50,51,52,53,54,55,56,57,58,59,60,61)/p+1. The van der Waals surface area contributed by atoms with E-state index in [1.807, 2.05) is 61.5 Å². The van der Waals surface area contributed by atoms with Gasteiger partial charge < -0.3 is 14.7 Å². The van der Waals surface area contributed by atoms with Crippen molar-refractivity contribution in [2.24, 2.45) is 0 Å². The number of carboxylic acids is 1. The van der Waals surface area contributed by atoms with Gasteiger partial charge in [-0.05, 0) is 129 Å².